The predicted octanol–water partition coefficient (Wildman–Crippen LogP) is 3.73. The van der Waals surface area contributed by atoms with Crippen LogP contribution in [0.2, 0.25) is 0 Å². The topological polar surface area (TPSA) is 66.7 Å². The number of aliphatic imine (C=N–C) groups is 1. The van der Waals surface area contributed by atoms with Crippen LogP contribution in [0.4, 0.5) is 0 Å². The molecular formula is C26H34N6O. The minimum Gasteiger partial charge on any atom is -0.497 e. The van der Waals surface area contributed by atoms with Gasteiger partial charge in [-0.1, -0.05) is 24.3 Å². The van der Waals surface area contributed by atoms with Gasteiger partial charge in [0.05, 0.1) is 31.6 Å². The summed E-state index contributed by atoms with van der Waals surface area (Å²) in [5, 5.41) is 11.4. The third-order valence-corrected chi connectivity index (χ3v) is 5.81. The highest BCUT2D eigenvalue weighted by molar-refractivity contribution is 5.79. The van der Waals surface area contributed by atoms with Gasteiger partial charge in [-0.05, 0) is 74.3 Å². The third kappa shape index (κ3) is 6.58. The number of benzene rings is 2. The quantitative estimate of drug-likeness (QED) is 0.387. The fraction of sp³-hybridized carbons (Fsp3) is 0.385. The molecule has 1 fully saturated rings. The number of methoxy groups -OCH3 is 1. The molecule has 0 bridgehead atoms. The molecule has 7 nitrogen and oxygen atoms in total. The summed E-state index contributed by atoms with van der Waals surface area (Å²) in [5.74, 6) is 1.62. The van der Waals surface area contributed by atoms with Crippen molar-refractivity contribution in [2.24, 2.45) is 4.99 Å². The lowest BCUT2D eigenvalue weighted by molar-refractivity contribution is 0.331. The maximum absolute atomic E-state index is 5.22. The molecule has 174 valence electrons. The maximum Gasteiger partial charge on any atom is 0.191 e. The minimum atomic E-state index is 0.601. The second kappa shape index (κ2) is 11.5. The molecule has 2 heterocycles. The largest absolute Gasteiger partial charge is 0.497 e. The number of guanidine groups is 1. The lowest BCUT2D eigenvalue weighted by atomic mass is 10.1. The van der Waals surface area contributed by atoms with Gasteiger partial charge in [0.25, 0.3) is 0 Å². The second-order valence-corrected chi connectivity index (χ2v) is 8.30. The van der Waals surface area contributed by atoms with Gasteiger partial charge in [0.15, 0.2) is 5.96 Å². The van der Waals surface area contributed by atoms with Crippen molar-refractivity contribution in [2.75, 3.05) is 26.7 Å². The zero-order valence-corrected chi connectivity index (χ0v) is 19.6. The van der Waals surface area contributed by atoms with Gasteiger partial charge in [-0.25, -0.2) is 9.67 Å². The monoisotopic (exact) mass is 446 g/mol. The Morgan fingerprint density at radius 3 is 2.39 bits per heavy atom. The van der Waals surface area contributed by atoms with Crippen molar-refractivity contribution in [3.8, 4) is 11.4 Å². The van der Waals surface area contributed by atoms with E-state index in [-0.39, 0.29) is 0 Å². The summed E-state index contributed by atoms with van der Waals surface area (Å²) >= 11 is 0. The van der Waals surface area contributed by atoms with Gasteiger partial charge in [-0.15, -0.1) is 0 Å². The van der Waals surface area contributed by atoms with Gasteiger partial charge >= 0.3 is 0 Å². The zero-order valence-electron chi connectivity index (χ0n) is 19.6. The Balaban J connectivity index is 1.31. The molecular weight excluding hydrogens is 412 g/mol. The number of ether oxygens (including phenoxy) is 1. The van der Waals surface area contributed by atoms with E-state index in [1.165, 1.54) is 37.1 Å². The number of nitrogens with one attached hydrogen (secondary N) is 2. The van der Waals surface area contributed by atoms with Crippen molar-refractivity contribution in [1.82, 2.24) is 25.3 Å². The lowest BCUT2D eigenvalue weighted by Crippen LogP contribution is -2.36. The first-order valence-electron chi connectivity index (χ1n) is 11.7. The van der Waals surface area contributed by atoms with Crippen molar-refractivity contribution in [3.05, 3.63) is 77.6 Å². The summed E-state index contributed by atoms with van der Waals surface area (Å²) in [6.45, 7) is 7.62. The number of likely N-dealkylation sites (tertiary alicyclic amines) is 1. The number of nitrogens with zero attached hydrogens (tertiary/aromatic N) is 4. The Morgan fingerprint density at radius 2 is 1.70 bits per heavy atom. The molecule has 1 aliphatic rings. The summed E-state index contributed by atoms with van der Waals surface area (Å²) in [6.07, 6.45) is 4.62. The first-order valence-corrected chi connectivity index (χ1v) is 11.7. The Labute approximate surface area is 196 Å². The summed E-state index contributed by atoms with van der Waals surface area (Å²) < 4.78 is 7.09. The van der Waals surface area contributed by atoms with Gasteiger partial charge in [0, 0.05) is 19.3 Å². The highest BCUT2D eigenvalue weighted by Gasteiger charge is 2.11. The molecule has 1 saturated heterocycles. The Morgan fingerprint density at radius 1 is 0.970 bits per heavy atom. The molecule has 0 amide bonds. The molecule has 0 aliphatic carbocycles. The van der Waals surface area contributed by atoms with Crippen molar-refractivity contribution in [3.63, 3.8) is 0 Å². The van der Waals surface area contributed by atoms with Crippen LogP contribution in [0.5, 0.6) is 5.75 Å². The number of hydrogen-bond acceptors (Lipinski definition) is 4. The highest BCUT2D eigenvalue weighted by Crippen LogP contribution is 2.15. The predicted molar refractivity (Wildman–Crippen MR) is 133 cm³/mol. The molecule has 1 aromatic heterocycles. The Bertz CT molecular complexity index is 1020. The van der Waals surface area contributed by atoms with Crippen LogP contribution in [0.25, 0.3) is 5.69 Å². The van der Waals surface area contributed by atoms with E-state index >= 15 is 0 Å². The van der Waals surface area contributed by atoms with Crippen LogP contribution in [0.15, 0.2) is 65.8 Å². The van der Waals surface area contributed by atoms with Gasteiger partial charge in [-0.2, -0.15) is 5.10 Å². The standard InChI is InChI=1S/C26H34N6O/c1-3-27-26(28-18-21-6-8-22(9-7-21)20-31-15-4-5-16-31)29-19-23-14-17-32(30-23)24-10-12-25(33-2)13-11-24/h6-14,17H,3-5,15-16,18-20H2,1-2H3,(H2,27,28,29). The van der Waals surface area contributed by atoms with Crippen molar-refractivity contribution in [1.29, 1.82) is 0 Å². The van der Waals surface area contributed by atoms with Crippen LogP contribution >= 0.6 is 0 Å². The van der Waals surface area contributed by atoms with Gasteiger partial charge in [-0.3, -0.25) is 4.90 Å². The van der Waals surface area contributed by atoms with E-state index in [9.17, 15) is 0 Å². The molecule has 3 aromatic rings. The van der Waals surface area contributed by atoms with E-state index in [0.29, 0.717) is 13.1 Å². The zero-order chi connectivity index (χ0) is 22.9. The Hall–Kier alpha value is -3.32. The first kappa shape index (κ1) is 22.9. The van der Waals surface area contributed by atoms with Crippen LogP contribution in [-0.4, -0.2) is 47.4 Å². The van der Waals surface area contributed by atoms with E-state index in [1.54, 1.807) is 7.11 Å². The normalized spacial score (nSPS) is 14.4. The van der Waals surface area contributed by atoms with Crippen LogP contribution in [0, 0.1) is 0 Å². The fourth-order valence-corrected chi connectivity index (χ4v) is 3.97. The molecule has 0 unspecified atom stereocenters. The number of hydrogen-bond donors (Lipinski definition) is 2. The maximum atomic E-state index is 5.22. The summed E-state index contributed by atoms with van der Waals surface area (Å²) in [6, 6.07) is 18.7. The molecule has 0 radical (unpaired) electrons. The molecule has 2 N–H and O–H groups in total. The SMILES string of the molecule is CCNC(=NCc1ccc(CN2CCCC2)cc1)NCc1ccn(-c2ccc(OC)cc2)n1. The average molecular weight is 447 g/mol. The molecule has 1 aliphatic heterocycles. The third-order valence-electron chi connectivity index (χ3n) is 5.81. The van der Waals surface area contributed by atoms with E-state index in [0.717, 1.165) is 36.2 Å². The lowest BCUT2D eigenvalue weighted by Gasteiger charge is -2.14. The molecule has 2 aromatic carbocycles. The molecule has 0 spiro atoms. The number of aromatic nitrogens is 2. The summed E-state index contributed by atoms with van der Waals surface area (Å²) in [4.78, 5) is 7.28. The minimum absolute atomic E-state index is 0.601. The second-order valence-electron chi connectivity index (χ2n) is 8.30. The van der Waals surface area contributed by atoms with Crippen LogP contribution in [0.3, 0.4) is 0 Å². The molecule has 0 saturated carbocycles. The van der Waals surface area contributed by atoms with Gasteiger partial charge in [0.1, 0.15) is 5.75 Å². The van der Waals surface area contributed by atoms with Crippen molar-refractivity contribution < 1.29 is 4.74 Å². The molecule has 33 heavy (non-hydrogen) atoms. The van der Waals surface area contributed by atoms with Crippen LogP contribution in [-0.2, 0) is 19.6 Å². The summed E-state index contributed by atoms with van der Waals surface area (Å²) in [7, 11) is 1.67. The smallest absolute Gasteiger partial charge is 0.191 e. The van der Waals surface area contributed by atoms with E-state index in [2.05, 4.69) is 51.8 Å². The van der Waals surface area contributed by atoms with E-state index in [4.69, 9.17) is 9.73 Å². The fourth-order valence-electron chi connectivity index (χ4n) is 3.97. The van der Waals surface area contributed by atoms with Crippen LogP contribution < -0.4 is 15.4 Å². The molecule has 7 heteroatoms. The van der Waals surface area contributed by atoms with Crippen molar-refractivity contribution >= 4 is 5.96 Å². The van der Waals surface area contributed by atoms with Crippen molar-refractivity contribution in [2.45, 2.75) is 39.4 Å². The molecule has 4 rings (SSSR count). The van der Waals surface area contributed by atoms with Crippen LogP contribution in [0.1, 0.15) is 36.6 Å². The number of rotatable bonds is 9. The average Bonchev–Trinajstić information content (AvgIpc) is 3.54. The van der Waals surface area contributed by atoms with Gasteiger partial charge in [0.2, 0.25) is 0 Å². The Kier molecular flexibility index (Phi) is 7.98. The first-order chi connectivity index (χ1) is 16.2. The highest BCUT2D eigenvalue weighted by atomic mass is 16.5. The molecule has 0 atom stereocenters. The van der Waals surface area contributed by atoms with E-state index < -0.39 is 0 Å². The van der Waals surface area contributed by atoms with E-state index in [1.807, 2.05) is 41.2 Å². The van der Waals surface area contributed by atoms with Gasteiger partial charge < -0.3 is 15.4 Å². The summed E-state index contributed by atoms with van der Waals surface area (Å²) in [5.41, 5.74) is 4.53.